The fourth-order valence-electron chi connectivity index (χ4n) is 6.71. The summed E-state index contributed by atoms with van der Waals surface area (Å²) in [5, 5.41) is 41.3. The molecule has 17 heteroatoms. The van der Waals surface area contributed by atoms with Gasteiger partial charge in [-0.05, 0) is 83.9 Å². The minimum absolute atomic E-state index is 0.0295. The SMILES string of the molecule is COc1ccc2c(c1)[C@@H](OS(=O)(=O)O[C@@H]1c3cc(OC)ccc3OC[C@H]1c1cc(/C=C/C(=O)O)cc(OC)c1O)[C@H](c1cc(/C=C/C(=O)O)cc(OC)c1O)CO2. The molecule has 0 saturated carbocycles. The summed E-state index contributed by atoms with van der Waals surface area (Å²) in [4.78, 5) is 22.7. The molecule has 6 rings (SSSR count). The van der Waals surface area contributed by atoms with Crippen molar-refractivity contribution in [3.05, 3.63) is 106 Å². The van der Waals surface area contributed by atoms with Gasteiger partial charge in [0, 0.05) is 34.4 Å². The second kappa shape index (κ2) is 16.7. The van der Waals surface area contributed by atoms with Gasteiger partial charge in [0.2, 0.25) is 0 Å². The van der Waals surface area contributed by atoms with E-state index >= 15 is 0 Å². The third-order valence-corrected chi connectivity index (χ3v) is 10.3. The predicted molar refractivity (Wildman–Crippen MR) is 202 cm³/mol. The molecule has 4 aromatic rings. The first kappa shape index (κ1) is 40.2. The molecular weight excluding hydrogens is 768 g/mol. The lowest BCUT2D eigenvalue weighted by Gasteiger charge is -2.36. The first-order chi connectivity index (χ1) is 27.2. The van der Waals surface area contributed by atoms with Crippen LogP contribution in [0.5, 0.6) is 46.0 Å². The molecule has 0 fully saturated rings. The van der Waals surface area contributed by atoms with Crippen molar-refractivity contribution < 1.29 is 75.2 Å². The van der Waals surface area contributed by atoms with E-state index in [-0.39, 0.29) is 70.0 Å². The van der Waals surface area contributed by atoms with Crippen LogP contribution in [0.2, 0.25) is 0 Å². The largest absolute Gasteiger partial charge is 0.504 e. The fourth-order valence-corrected chi connectivity index (χ4v) is 7.74. The first-order valence-corrected chi connectivity index (χ1v) is 18.5. The summed E-state index contributed by atoms with van der Waals surface area (Å²) in [5.74, 6) is -4.23. The highest BCUT2D eigenvalue weighted by Gasteiger charge is 2.43. The number of fused-ring (bicyclic) bond motifs is 2. The van der Waals surface area contributed by atoms with Gasteiger partial charge in [-0.15, -0.1) is 0 Å². The molecule has 2 heterocycles. The van der Waals surface area contributed by atoms with Gasteiger partial charge in [-0.1, -0.05) is 0 Å². The van der Waals surface area contributed by atoms with Crippen molar-refractivity contribution in [2.75, 3.05) is 41.7 Å². The maximum Gasteiger partial charge on any atom is 0.401 e. The highest BCUT2D eigenvalue weighted by Crippen LogP contribution is 2.52. The topological polar surface area (TPSA) is 223 Å². The number of hydrogen-bond acceptors (Lipinski definition) is 14. The highest BCUT2D eigenvalue weighted by atomic mass is 32.3. The summed E-state index contributed by atoms with van der Waals surface area (Å²) in [5.41, 5.74) is 1.26. The van der Waals surface area contributed by atoms with Gasteiger partial charge in [0.25, 0.3) is 0 Å². The average molecular weight is 807 g/mol. The Kier molecular flexibility index (Phi) is 11.8. The van der Waals surface area contributed by atoms with Gasteiger partial charge in [0.15, 0.2) is 23.0 Å². The van der Waals surface area contributed by atoms with E-state index in [1.165, 1.54) is 77.0 Å². The number of phenols is 2. The zero-order valence-electron chi connectivity index (χ0n) is 30.9. The summed E-state index contributed by atoms with van der Waals surface area (Å²) in [7, 11) is 0.330. The first-order valence-electron chi connectivity index (χ1n) is 17.1. The van der Waals surface area contributed by atoms with Gasteiger partial charge < -0.3 is 48.8 Å². The van der Waals surface area contributed by atoms with Gasteiger partial charge >= 0.3 is 22.3 Å². The van der Waals surface area contributed by atoms with Crippen molar-refractivity contribution in [2.24, 2.45) is 0 Å². The Hall–Kier alpha value is -6.43. The third kappa shape index (κ3) is 8.70. The average Bonchev–Trinajstić information content (AvgIpc) is 3.19. The van der Waals surface area contributed by atoms with Crippen molar-refractivity contribution in [1.29, 1.82) is 0 Å². The van der Waals surface area contributed by atoms with E-state index < -0.39 is 46.4 Å². The minimum atomic E-state index is -5.11. The van der Waals surface area contributed by atoms with Gasteiger partial charge in [-0.3, -0.25) is 0 Å². The second-order valence-corrected chi connectivity index (χ2v) is 14.0. The molecule has 0 aliphatic carbocycles. The fraction of sp³-hybridized carbons (Fsp3) is 0.250. The molecule has 4 aromatic carbocycles. The monoisotopic (exact) mass is 806 g/mol. The van der Waals surface area contributed by atoms with E-state index in [4.69, 9.17) is 36.8 Å². The van der Waals surface area contributed by atoms with Crippen molar-refractivity contribution in [2.45, 2.75) is 24.0 Å². The normalized spacial score (nSPS) is 18.9. The maximum atomic E-state index is 14.4. The summed E-state index contributed by atoms with van der Waals surface area (Å²) >= 11 is 0. The number of carboxylic acids is 2. The summed E-state index contributed by atoms with van der Waals surface area (Å²) in [6.07, 6.45) is 1.45. The number of aromatic hydroxyl groups is 2. The van der Waals surface area contributed by atoms with Gasteiger partial charge in [-0.25, -0.2) is 18.0 Å². The molecule has 0 unspecified atom stereocenters. The van der Waals surface area contributed by atoms with Crippen molar-refractivity contribution in [3.8, 4) is 46.0 Å². The van der Waals surface area contributed by atoms with Crippen molar-refractivity contribution >= 4 is 34.5 Å². The zero-order valence-corrected chi connectivity index (χ0v) is 31.7. The molecule has 4 atom stereocenters. The lowest BCUT2D eigenvalue weighted by Crippen LogP contribution is -2.32. The molecule has 4 N–H and O–H groups in total. The molecule has 0 spiro atoms. The van der Waals surface area contributed by atoms with E-state index in [1.54, 1.807) is 24.3 Å². The number of benzene rings is 4. The molecule has 0 aromatic heterocycles. The van der Waals surface area contributed by atoms with Crippen LogP contribution in [0.25, 0.3) is 12.2 Å². The van der Waals surface area contributed by atoms with E-state index in [0.29, 0.717) is 22.6 Å². The number of hydrogen-bond donors (Lipinski definition) is 4. The minimum Gasteiger partial charge on any atom is -0.504 e. The van der Waals surface area contributed by atoms with E-state index in [1.807, 2.05) is 0 Å². The number of rotatable bonds is 14. The molecule has 0 bridgehead atoms. The van der Waals surface area contributed by atoms with Crippen molar-refractivity contribution in [1.82, 2.24) is 0 Å². The molecule has 2 aliphatic rings. The van der Waals surface area contributed by atoms with E-state index in [2.05, 4.69) is 0 Å². The highest BCUT2D eigenvalue weighted by molar-refractivity contribution is 7.81. The maximum absolute atomic E-state index is 14.4. The standard InChI is InChI=1S/C40H38O16S/c1-49-23-7-9-31-27(17-23)39(29(19-53-31)25-13-21(5-11-35(41)42)15-33(51-3)37(25)45)55-57(47,48)56-40-28-18-24(50-2)8-10-32(28)54-20-30(40)26-14-22(6-12-36(43)44)16-34(52-4)38(26)46/h5-18,29-30,39-40,45-46H,19-20H2,1-4H3,(H,41,42)(H,43,44)/b11-5+,12-6+/t29-,30-,39+,40+/m0/s1. The Bertz CT molecular complexity index is 2190. The van der Waals surface area contributed by atoms with Crippen LogP contribution in [0, 0.1) is 0 Å². The Morgan fingerprint density at radius 3 is 1.37 bits per heavy atom. The van der Waals surface area contributed by atoms with Crippen LogP contribution >= 0.6 is 0 Å². The number of carbonyl (C=O) groups is 2. The molecular formula is C40H38O16S. The van der Waals surface area contributed by atoms with Gasteiger partial charge in [0.1, 0.15) is 35.2 Å². The zero-order chi connectivity index (χ0) is 41.0. The lowest BCUT2D eigenvalue weighted by molar-refractivity contribution is -0.132. The van der Waals surface area contributed by atoms with E-state index in [0.717, 1.165) is 12.2 Å². The quantitative estimate of drug-likeness (QED) is 0.112. The summed E-state index contributed by atoms with van der Waals surface area (Å²) in [6.45, 7) is -0.431. The number of carboxylic acid groups (broad SMARTS) is 2. The Balaban J connectivity index is 1.47. The Labute approximate surface area is 327 Å². The molecule has 0 amide bonds. The van der Waals surface area contributed by atoms with Crippen LogP contribution in [-0.4, -0.2) is 82.4 Å². The van der Waals surface area contributed by atoms with Crippen LogP contribution in [0.3, 0.4) is 0 Å². The van der Waals surface area contributed by atoms with Crippen LogP contribution in [0.15, 0.2) is 72.8 Å². The molecule has 16 nitrogen and oxygen atoms in total. The molecule has 0 saturated heterocycles. The van der Waals surface area contributed by atoms with Crippen LogP contribution in [0.4, 0.5) is 0 Å². The molecule has 300 valence electrons. The third-order valence-electron chi connectivity index (χ3n) is 9.39. The summed E-state index contributed by atoms with van der Waals surface area (Å²) in [6, 6.07) is 15.1. The van der Waals surface area contributed by atoms with E-state index in [9.17, 15) is 38.4 Å². The van der Waals surface area contributed by atoms with Gasteiger partial charge in [-0.2, -0.15) is 8.42 Å². The number of aliphatic carboxylic acids is 2. The van der Waals surface area contributed by atoms with Crippen molar-refractivity contribution in [3.63, 3.8) is 0 Å². The Morgan fingerprint density at radius 2 is 1.02 bits per heavy atom. The summed E-state index contributed by atoms with van der Waals surface area (Å²) < 4.78 is 74.5. The number of methoxy groups -OCH3 is 4. The van der Waals surface area contributed by atoms with Crippen LogP contribution in [0.1, 0.15) is 57.4 Å². The van der Waals surface area contributed by atoms with Crippen LogP contribution < -0.4 is 28.4 Å². The van der Waals surface area contributed by atoms with Gasteiger partial charge in [0.05, 0.1) is 53.5 Å². The Morgan fingerprint density at radius 1 is 0.614 bits per heavy atom. The number of phenolic OH excluding ortho intramolecular Hbond substituents is 2. The molecule has 57 heavy (non-hydrogen) atoms. The second-order valence-electron chi connectivity index (χ2n) is 12.7. The molecule has 0 radical (unpaired) electrons. The molecule has 2 aliphatic heterocycles. The predicted octanol–water partition coefficient (Wildman–Crippen LogP) is 5.74. The van der Waals surface area contributed by atoms with Crippen LogP contribution in [-0.2, 0) is 28.4 Å². The lowest BCUT2D eigenvalue weighted by atomic mass is 9.86. The number of ether oxygens (including phenoxy) is 6. The smallest absolute Gasteiger partial charge is 0.401 e.